The molecule has 1 aromatic heterocycles. The summed E-state index contributed by atoms with van der Waals surface area (Å²) in [6.45, 7) is 2.14. The first-order valence-corrected chi connectivity index (χ1v) is 6.71. The Morgan fingerprint density at radius 3 is 2.81 bits per heavy atom. The van der Waals surface area contributed by atoms with E-state index in [4.69, 9.17) is 11.6 Å². The lowest BCUT2D eigenvalue weighted by Gasteiger charge is -2.15. The smallest absolute Gasteiger partial charge is 0.0794 e. The van der Waals surface area contributed by atoms with E-state index < -0.39 is 0 Å². The van der Waals surface area contributed by atoms with Gasteiger partial charge in [-0.1, -0.05) is 24.3 Å². The normalized spacial score (nSPS) is 12.6. The van der Waals surface area contributed by atoms with Crippen molar-refractivity contribution in [2.75, 3.05) is 5.88 Å². The molecule has 0 aliphatic rings. The Hall–Kier alpha value is -0.860. The van der Waals surface area contributed by atoms with Gasteiger partial charge in [-0.25, -0.2) is 0 Å². The molecule has 16 heavy (non-hydrogen) atoms. The molecule has 0 spiro atoms. The molecule has 0 amide bonds. The van der Waals surface area contributed by atoms with Crippen molar-refractivity contribution in [2.45, 2.75) is 19.3 Å². The van der Waals surface area contributed by atoms with Crippen LogP contribution in [0.4, 0.5) is 0 Å². The van der Waals surface area contributed by atoms with E-state index in [0.29, 0.717) is 11.8 Å². The Morgan fingerprint density at radius 1 is 1.38 bits per heavy atom. The molecule has 0 fully saturated rings. The van der Waals surface area contributed by atoms with Crippen LogP contribution in [0.1, 0.15) is 21.9 Å². The molecule has 1 heterocycles. The molecule has 0 aliphatic carbocycles. The number of nitrogens with zero attached hydrogens (tertiary/aromatic N) is 1. The fourth-order valence-electron chi connectivity index (χ4n) is 1.88. The summed E-state index contributed by atoms with van der Waals surface area (Å²) in [7, 11) is 0. The van der Waals surface area contributed by atoms with Crippen LogP contribution >= 0.6 is 22.9 Å². The maximum Gasteiger partial charge on any atom is 0.0794 e. The Kier molecular flexibility index (Phi) is 3.97. The zero-order chi connectivity index (χ0) is 11.4. The third-order valence-electron chi connectivity index (χ3n) is 2.75. The van der Waals surface area contributed by atoms with E-state index in [1.165, 1.54) is 16.0 Å². The van der Waals surface area contributed by atoms with Crippen LogP contribution in [0.15, 0.2) is 36.0 Å². The highest BCUT2D eigenvalue weighted by atomic mass is 35.5. The molecule has 0 aliphatic heterocycles. The van der Waals surface area contributed by atoms with E-state index in [1.807, 2.05) is 11.7 Å². The first-order chi connectivity index (χ1) is 7.81. The van der Waals surface area contributed by atoms with Crippen molar-refractivity contribution in [3.05, 3.63) is 52.0 Å². The van der Waals surface area contributed by atoms with Gasteiger partial charge in [0, 0.05) is 22.9 Å². The van der Waals surface area contributed by atoms with Crippen molar-refractivity contribution in [1.29, 1.82) is 0 Å². The number of aryl methyl sites for hydroxylation is 1. The van der Waals surface area contributed by atoms with Gasteiger partial charge in [-0.2, -0.15) is 0 Å². The van der Waals surface area contributed by atoms with Gasteiger partial charge in [-0.05, 0) is 24.5 Å². The molecule has 0 N–H and O–H groups in total. The third kappa shape index (κ3) is 2.63. The molecule has 0 saturated carbocycles. The molecule has 2 aromatic rings. The average Bonchev–Trinajstić information content (AvgIpc) is 2.80. The Bertz CT molecular complexity index is 439. The minimum absolute atomic E-state index is 0.392. The van der Waals surface area contributed by atoms with Gasteiger partial charge < -0.3 is 0 Å². The van der Waals surface area contributed by atoms with Crippen molar-refractivity contribution in [2.24, 2.45) is 0 Å². The minimum Gasteiger partial charge on any atom is -0.253 e. The van der Waals surface area contributed by atoms with Crippen LogP contribution in [0.5, 0.6) is 0 Å². The third-order valence-corrected chi connectivity index (χ3v) is 3.92. The summed E-state index contributed by atoms with van der Waals surface area (Å²) in [4.78, 5) is 5.40. The SMILES string of the molecule is Cc1ccccc1C(CCl)Cc1cncs1. The average molecular weight is 252 g/mol. The van der Waals surface area contributed by atoms with Crippen LogP contribution in [0, 0.1) is 6.92 Å². The highest BCUT2D eigenvalue weighted by Crippen LogP contribution is 2.26. The van der Waals surface area contributed by atoms with Crippen LogP contribution < -0.4 is 0 Å². The van der Waals surface area contributed by atoms with E-state index in [9.17, 15) is 0 Å². The van der Waals surface area contributed by atoms with E-state index in [-0.39, 0.29) is 0 Å². The van der Waals surface area contributed by atoms with Gasteiger partial charge >= 0.3 is 0 Å². The van der Waals surface area contributed by atoms with Crippen LogP contribution in [0.2, 0.25) is 0 Å². The molecule has 0 saturated heterocycles. The van der Waals surface area contributed by atoms with Gasteiger partial charge in [0.25, 0.3) is 0 Å². The van der Waals surface area contributed by atoms with Gasteiger partial charge in [-0.3, -0.25) is 4.98 Å². The number of aromatic nitrogens is 1. The predicted octanol–water partition coefficient (Wildman–Crippen LogP) is 4.02. The van der Waals surface area contributed by atoms with Crippen LogP contribution in [0.25, 0.3) is 0 Å². The van der Waals surface area contributed by atoms with Gasteiger partial charge in [0.15, 0.2) is 0 Å². The lowest BCUT2D eigenvalue weighted by molar-refractivity contribution is 0.768. The molecular formula is C13H14ClNS. The van der Waals surface area contributed by atoms with Crippen LogP contribution in [0.3, 0.4) is 0 Å². The fourth-order valence-corrected chi connectivity index (χ4v) is 2.83. The van der Waals surface area contributed by atoms with Gasteiger partial charge in [0.2, 0.25) is 0 Å². The number of hydrogen-bond acceptors (Lipinski definition) is 2. The molecule has 0 bridgehead atoms. The maximum absolute atomic E-state index is 6.08. The van der Waals surface area contributed by atoms with E-state index in [0.717, 1.165) is 6.42 Å². The molecule has 1 atom stereocenters. The monoisotopic (exact) mass is 251 g/mol. The quantitative estimate of drug-likeness (QED) is 0.748. The number of halogens is 1. The topological polar surface area (TPSA) is 12.9 Å². The molecule has 1 aromatic carbocycles. The fraction of sp³-hybridized carbons (Fsp3) is 0.308. The lowest BCUT2D eigenvalue weighted by atomic mass is 9.93. The second kappa shape index (κ2) is 5.46. The van der Waals surface area contributed by atoms with Crippen molar-refractivity contribution >= 4 is 22.9 Å². The number of hydrogen-bond donors (Lipinski definition) is 0. The first kappa shape index (κ1) is 11.6. The molecule has 3 heteroatoms. The summed E-state index contributed by atoms with van der Waals surface area (Å²) in [5.74, 6) is 1.05. The standard InChI is InChI=1S/C13H14ClNS/c1-10-4-2-3-5-13(10)11(7-14)6-12-8-15-9-16-12/h2-5,8-9,11H,6-7H2,1H3. The summed E-state index contributed by atoms with van der Waals surface area (Å²) in [6, 6.07) is 8.45. The van der Waals surface area contributed by atoms with E-state index in [2.05, 4.69) is 36.2 Å². The maximum atomic E-state index is 6.08. The molecular weight excluding hydrogens is 238 g/mol. The summed E-state index contributed by atoms with van der Waals surface area (Å²) < 4.78 is 0. The summed E-state index contributed by atoms with van der Waals surface area (Å²) in [6.07, 6.45) is 2.92. The second-order valence-corrected chi connectivity index (χ2v) is 5.16. The zero-order valence-corrected chi connectivity index (χ0v) is 10.8. The summed E-state index contributed by atoms with van der Waals surface area (Å²) in [5.41, 5.74) is 4.54. The number of alkyl halides is 1. The Balaban J connectivity index is 2.20. The number of benzene rings is 1. The molecule has 2 rings (SSSR count). The highest BCUT2D eigenvalue weighted by molar-refractivity contribution is 7.09. The molecule has 1 unspecified atom stereocenters. The zero-order valence-electron chi connectivity index (χ0n) is 9.19. The van der Waals surface area contributed by atoms with Gasteiger partial charge in [-0.15, -0.1) is 22.9 Å². The highest BCUT2D eigenvalue weighted by Gasteiger charge is 2.13. The molecule has 1 nitrogen and oxygen atoms in total. The van der Waals surface area contributed by atoms with Crippen LogP contribution in [-0.2, 0) is 6.42 Å². The lowest BCUT2D eigenvalue weighted by Crippen LogP contribution is -2.05. The van der Waals surface area contributed by atoms with E-state index in [1.54, 1.807) is 11.3 Å². The minimum atomic E-state index is 0.392. The van der Waals surface area contributed by atoms with Gasteiger partial charge in [0.1, 0.15) is 0 Å². The molecule has 0 radical (unpaired) electrons. The first-order valence-electron chi connectivity index (χ1n) is 5.30. The summed E-state index contributed by atoms with van der Waals surface area (Å²) in [5, 5.41) is 0. The van der Waals surface area contributed by atoms with Gasteiger partial charge in [0.05, 0.1) is 5.51 Å². The Labute approximate surface area is 105 Å². The summed E-state index contributed by atoms with van der Waals surface area (Å²) >= 11 is 7.77. The van der Waals surface area contributed by atoms with Crippen molar-refractivity contribution < 1.29 is 0 Å². The second-order valence-electron chi connectivity index (χ2n) is 3.88. The molecule has 84 valence electrons. The van der Waals surface area contributed by atoms with Crippen molar-refractivity contribution in [1.82, 2.24) is 4.98 Å². The van der Waals surface area contributed by atoms with Crippen LogP contribution in [-0.4, -0.2) is 10.9 Å². The van der Waals surface area contributed by atoms with E-state index >= 15 is 0 Å². The Morgan fingerprint density at radius 2 is 2.19 bits per heavy atom. The van der Waals surface area contributed by atoms with Crippen molar-refractivity contribution in [3.8, 4) is 0 Å². The number of thiazole rings is 1. The number of rotatable bonds is 4. The van der Waals surface area contributed by atoms with Crippen molar-refractivity contribution in [3.63, 3.8) is 0 Å². The predicted molar refractivity (Wildman–Crippen MR) is 70.5 cm³/mol. The largest absolute Gasteiger partial charge is 0.253 e.